The lowest BCUT2D eigenvalue weighted by Crippen LogP contribution is -2.31. The maximum absolute atomic E-state index is 3.63. The smallest absolute Gasteiger partial charge is 0.0648 e. The second-order valence-electron chi connectivity index (χ2n) is 15.9. The van der Waals surface area contributed by atoms with Gasteiger partial charge in [0.1, 0.15) is 0 Å². The second-order valence-corrected chi connectivity index (χ2v) is 15.9. The van der Waals surface area contributed by atoms with E-state index in [4.69, 9.17) is 0 Å². The van der Waals surface area contributed by atoms with Gasteiger partial charge in [-0.2, -0.15) is 0 Å². The summed E-state index contributed by atoms with van der Waals surface area (Å²) in [6.07, 6.45) is 8.37. The Morgan fingerprint density at radius 1 is 0.685 bits per heavy atom. The summed E-state index contributed by atoms with van der Waals surface area (Å²) < 4.78 is 2.62. The van der Waals surface area contributed by atoms with E-state index < -0.39 is 0 Å². The van der Waals surface area contributed by atoms with Crippen molar-refractivity contribution in [3.63, 3.8) is 0 Å². The van der Waals surface area contributed by atoms with E-state index in [1.807, 2.05) is 6.07 Å². The number of benzene rings is 6. The lowest BCUT2D eigenvalue weighted by Gasteiger charge is -2.33. The Morgan fingerprint density at radius 2 is 1.43 bits per heavy atom. The fourth-order valence-electron chi connectivity index (χ4n) is 11.1. The molecule has 252 valence electrons. The third-order valence-corrected chi connectivity index (χ3v) is 13.1. The van der Waals surface area contributed by atoms with E-state index >= 15 is 0 Å². The molecule has 2 heterocycles. The molecule has 0 saturated carbocycles. The van der Waals surface area contributed by atoms with Crippen molar-refractivity contribution in [1.29, 1.82) is 0 Å². The molecular weight excluding hydrogens is 653 g/mol. The van der Waals surface area contributed by atoms with Gasteiger partial charge in [-0.25, -0.2) is 0 Å². The van der Waals surface area contributed by atoms with Gasteiger partial charge in [-0.05, 0) is 122 Å². The quantitative estimate of drug-likeness (QED) is 0.176. The van der Waals surface area contributed by atoms with E-state index in [-0.39, 0.29) is 12.0 Å². The molecule has 1 aromatic heterocycles. The van der Waals surface area contributed by atoms with Crippen LogP contribution in [0.2, 0.25) is 0 Å². The van der Waals surface area contributed by atoms with E-state index in [0.717, 1.165) is 6.42 Å². The molecule has 3 unspecified atom stereocenters. The van der Waals surface area contributed by atoms with Gasteiger partial charge in [-0.1, -0.05) is 122 Å². The summed E-state index contributed by atoms with van der Waals surface area (Å²) in [5.74, 6) is 0.557. The standard InChI is InChI=1S/C52H34N2/c1-29-24-31(53-45-23-8-7-17-39(45)50-40-20-10-18-37-33-13-3-5-15-35(33)43(48(37)40)27-46(50)53)26-32(25-29)54-47-28-44-36-16-6-4-14-34(36)38-19-11-21-41(49(38)44)51(47)42-22-9-12-30(2)52(42)54/h3-6,8-11,13-16,18-28,30,46,50H,12H2,1-2H3. The molecule has 0 radical (unpaired) electrons. The van der Waals surface area contributed by atoms with Crippen molar-refractivity contribution < 1.29 is 0 Å². The normalized spacial score (nSPS) is 18.9. The predicted molar refractivity (Wildman–Crippen MR) is 223 cm³/mol. The van der Waals surface area contributed by atoms with Crippen LogP contribution in [0.15, 0.2) is 133 Å². The van der Waals surface area contributed by atoms with E-state index in [0.29, 0.717) is 5.92 Å². The van der Waals surface area contributed by atoms with Gasteiger partial charge in [0, 0.05) is 45.4 Å². The molecule has 0 bridgehead atoms. The van der Waals surface area contributed by atoms with Gasteiger partial charge in [0.15, 0.2) is 0 Å². The van der Waals surface area contributed by atoms with E-state index in [9.17, 15) is 0 Å². The highest BCUT2D eigenvalue weighted by molar-refractivity contribution is 6.25. The van der Waals surface area contributed by atoms with Crippen molar-refractivity contribution in [2.75, 3.05) is 4.90 Å². The summed E-state index contributed by atoms with van der Waals surface area (Å²) in [4.78, 5) is 2.60. The highest BCUT2D eigenvalue weighted by atomic mass is 15.2. The molecule has 5 aliphatic rings. The lowest BCUT2D eigenvalue weighted by molar-refractivity contribution is 0.718. The van der Waals surface area contributed by atoms with Crippen LogP contribution in [-0.4, -0.2) is 10.6 Å². The third kappa shape index (κ3) is 3.49. The first-order valence-corrected chi connectivity index (χ1v) is 19.3. The molecule has 8 aromatic rings. The van der Waals surface area contributed by atoms with Crippen molar-refractivity contribution in [1.82, 2.24) is 4.57 Å². The Labute approximate surface area is 315 Å². The van der Waals surface area contributed by atoms with Gasteiger partial charge in [0.25, 0.3) is 0 Å². The number of hydrogen-bond acceptors (Lipinski definition) is 1. The molecule has 54 heavy (non-hydrogen) atoms. The SMILES string of the molecule is Cc1cc(N2c3ccc#cc3C3c4cccc5c4C(=CC32)c2ccccc2-5)cc(-n2c3c(c4c5cccc6c5c(cc42)-c2ccccc2-6)C=CCC3C)c1. The van der Waals surface area contributed by atoms with Gasteiger partial charge in [0.05, 0.1) is 17.2 Å². The van der Waals surface area contributed by atoms with Crippen LogP contribution in [0.5, 0.6) is 0 Å². The molecule has 7 aromatic carbocycles. The fraction of sp³-hybridized carbons (Fsp3) is 0.115. The summed E-state index contributed by atoms with van der Waals surface area (Å²) >= 11 is 0. The zero-order valence-corrected chi connectivity index (χ0v) is 30.1. The van der Waals surface area contributed by atoms with Crippen molar-refractivity contribution in [3.8, 4) is 39.1 Å². The molecule has 0 amide bonds. The first-order chi connectivity index (χ1) is 26.6. The maximum atomic E-state index is 3.63. The molecule has 13 rings (SSSR count). The van der Waals surface area contributed by atoms with E-state index in [1.54, 1.807) is 0 Å². The van der Waals surface area contributed by atoms with Crippen molar-refractivity contribution in [3.05, 3.63) is 185 Å². The highest BCUT2D eigenvalue weighted by Gasteiger charge is 2.45. The highest BCUT2D eigenvalue weighted by Crippen LogP contribution is 2.58. The summed E-state index contributed by atoms with van der Waals surface area (Å²) in [6, 6.07) is 52.8. The van der Waals surface area contributed by atoms with Gasteiger partial charge < -0.3 is 9.47 Å². The molecule has 0 fully saturated rings. The van der Waals surface area contributed by atoms with Crippen LogP contribution in [0.4, 0.5) is 11.4 Å². The van der Waals surface area contributed by atoms with Crippen LogP contribution in [0.1, 0.15) is 64.3 Å². The van der Waals surface area contributed by atoms with Gasteiger partial charge in [0.2, 0.25) is 0 Å². The molecule has 4 aliphatic carbocycles. The topological polar surface area (TPSA) is 8.17 Å². The van der Waals surface area contributed by atoms with Crippen LogP contribution in [-0.2, 0) is 0 Å². The zero-order chi connectivity index (χ0) is 35.4. The van der Waals surface area contributed by atoms with Crippen LogP contribution < -0.4 is 4.90 Å². The number of hydrogen-bond donors (Lipinski definition) is 0. The number of anilines is 2. The van der Waals surface area contributed by atoms with Gasteiger partial charge >= 0.3 is 0 Å². The summed E-state index contributed by atoms with van der Waals surface area (Å²) in [5, 5.41) is 4.10. The van der Waals surface area contributed by atoms with Gasteiger partial charge in [-0.15, -0.1) is 0 Å². The Bertz CT molecular complexity index is 3080. The first-order valence-electron chi connectivity index (χ1n) is 19.3. The largest absolute Gasteiger partial charge is 0.333 e. The maximum Gasteiger partial charge on any atom is 0.0648 e. The Kier molecular flexibility index (Phi) is 5.42. The molecule has 1 aliphatic heterocycles. The van der Waals surface area contributed by atoms with E-state index in [1.165, 1.54) is 117 Å². The number of nitrogens with zero attached hydrogens (tertiary/aromatic N) is 2. The minimum absolute atomic E-state index is 0.113. The number of aryl methyl sites for hydroxylation is 1. The van der Waals surface area contributed by atoms with Crippen molar-refractivity contribution in [2.45, 2.75) is 38.1 Å². The van der Waals surface area contributed by atoms with Crippen LogP contribution in [0.3, 0.4) is 0 Å². The van der Waals surface area contributed by atoms with E-state index in [2.05, 4.69) is 169 Å². The second kappa shape index (κ2) is 10.1. The van der Waals surface area contributed by atoms with Crippen LogP contribution >= 0.6 is 0 Å². The molecule has 0 spiro atoms. The summed E-state index contributed by atoms with van der Waals surface area (Å²) in [5.41, 5.74) is 23.8. The Balaban J connectivity index is 1.07. The first kappa shape index (κ1) is 29.0. The molecular formula is C52H34N2. The number of fused-ring (bicyclic) bond motifs is 14. The van der Waals surface area contributed by atoms with Crippen LogP contribution in [0, 0.1) is 19.1 Å². The predicted octanol–water partition coefficient (Wildman–Crippen LogP) is 12.9. The minimum Gasteiger partial charge on any atom is -0.333 e. The zero-order valence-electron chi connectivity index (χ0n) is 30.1. The van der Waals surface area contributed by atoms with Crippen molar-refractivity contribution >= 4 is 44.7 Å². The lowest BCUT2D eigenvalue weighted by atomic mass is 9.78. The Morgan fingerprint density at radius 3 is 2.30 bits per heavy atom. The third-order valence-electron chi connectivity index (χ3n) is 13.1. The summed E-state index contributed by atoms with van der Waals surface area (Å²) in [6.45, 7) is 4.66. The molecule has 0 saturated heterocycles. The average Bonchev–Trinajstić information content (AvgIpc) is 3.93. The minimum atomic E-state index is 0.113. The molecule has 0 N–H and O–H groups in total. The average molecular weight is 687 g/mol. The molecule has 3 atom stereocenters. The summed E-state index contributed by atoms with van der Waals surface area (Å²) in [7, 11) is 0. The fourth-order valence-corrected chi connectivity index (χ4v) is 11.1. The number of aromatic nitrogens is 1. The molecule has 2 heteroatoms. The van der Waals surface area contributed by atoms with Gasteiger partial charge in [-0.3, -0.25) is 0 Å². The van der Waals surface area contributed by atoms with Crippen molar-refractivity contribution in [2.24, 2.45) is 0 Å². The molecule has 2 nitrogen and oxygen atoms in total. The number of rotatable bonds is 2. The van der Waals surface area contributed by atoms with Crippen LogP contribution in [0.25, 0.3) is 72.4 Å². The monoisotopic (exact) mass is 686 g/mol. The number of allylic oxidation sites excluding steroid dienone is 1. The Hall–Kier alpha value is -6.56.